The van der Waals surface area contributed by atoms with Crippen LogP contribution in [0.25, 0.3) is 0 Å². The Morgan fingerprint density at radius 1 is 0.962 bits per heavy atom. The first-order chi connectivity index (χ1) is 12.5. The van der Waals surface area contributed by atoms with Gasteiger partial charge in [0, 0.05) is 11.1 Å². The molecule has 1 aromatic carbocycles. The van der Waals surface area contributed by atoms with Gasteiger partial charge in [-0.3, -0.25) is 19.4 Å². The maximum Gasteiger partial charge on any atom is 0.332 e. The summed E-state index contributed by atoms with van der Waals surface area (Å²) in [4.78, 5) is 41.1. The average Bonchev–Trinajstić information content (AvgIpc) is 2.89. The molecule has 0 radical (unpaired) electrons. The Morgan fingerprint density at radius 2 is 1.54 bits per heavy atom. The number of anilines is 1. The highest BCUT2D eigenvalue weighted by Gasteiger charge is 2.55. The molecule has 1 heterocycles. The second-order valence-corrected chi connectivity index (χ2v) is 8.81. The van der Waals surface area contributed by atoms with E-state index in [1.54, 1.807) is 0 Å². The third-order valence-electron chi connectivity index (χ3n) is 7.06. The molecule has 6 rings (SSSR count). The molecule has 0 aromatic heterocycles. The van der Waals surface area contributed by atoms with E-state index < -0.39 is 0 Å². The predicted octanol–water partition coefficient (Wildman–Crippen LogP) is 3.24. The van der Waals surface area contributed by atoms with Crippen molar-refractivity contribution in [2.75, 3.05) is 18.0 Å². The molecule has 1 aliphatic heterocycles. The number of carbonyl (C=O) groups excluding carboxylic acids is 3. The fourth-order valence-electron chi connectivity index (χ4n) is 6.27. The van der Waals surface area contributed by atoms with E-state index >= 15 is 0 Å². The summed E-state index contributed by atoms with van der Waals surface area (Å²) < 4.78 is 0. The lowest BCUT2D eigenvalue weighted by atomic mass is 9.48. The smallest absolute Gasteiger partial charge is 0.297 e. The van der Waals surface area contributed by atoms with Crippen LogP contribution in [-0.4, -0.2) is 35.7 Å². The number of rotatable bonds is 4. The lowest BCUT2D eigenvalue weighted by Crippen LogP contribution is -2.53. The van der Waals surface area contributed by atoms with Crippen LogP contribution in [0.4, 0.5) is 10.5 Å². The van der Waals surface area contributed by atoms with Crippen LogP contribution in [0.3, 0.4) is 0 Å². The summed E-state index contributed by atoms with van der Waals surface area (Å²) in [6.45, 7) is -0.0236. The standard InChI is InChI=1S/C21H24N2O3/c24-18(21-9-14-6-15(10-21)8-16(7-14)11-21)12-23-19(25)13-22(20(23)26)17-4-2-1-3-5-17/h1-5,14-16H,6-13H2. The molecule has 4 aliphatic carbocycles. The van der Waals surface area contributed by atoms with Crippen molar-refractivity contribution in [2.24, 2.45) is 23.2 Å². The van der Waals surface area contributed by atoms with Crippen LogP contribution in [-0.2, 0) is 9.59 Å². The fourth-order valence-corrected chi connectivity index (χ4v) is 6.27. The molecular weight excluding hydrogens is 328 g/mol. The molecule has 1 saturated heterocycles. The number of benzene rings is 1. The summed E-state index contributed by atoms with van der Waals surface area (Å²) in [6, 6.07) is 8.83. The van der Waals surface area contributed by atoms with Crippen LogP contribution < -0.4 is 4.90 Å². The van der Waals surface area contributed by atoms with Crippen molar-refractivity contribution >= 4 is 23.4 Å². The zero-order valence-corrected chi connectivity index (χ0v) is 14.9. The van der Waals surface area contributed by atoms with Gasteiger partial charge in [-0.05, 0) is 68.4 Å². The molecular formula is C21H24N2O3. The minimum atomic E-state index is -0.362. The molecule has 0 atom stereocenters. The first-order valence-electron chi connectivity index (χ1n) is 9.74. The fraction of sp³-hybridized carbons (Fsp3) is 0.571. The zero-order valence-electron chi connectivity index (χ0n) is 14.9. The molecule has 5 heteroatoms. The molecule has 4 saturated carbocycles. The minimum absolute atomic E-state index is 0.0248. The number of hydrogen-bond acceptors (Lipinski definition) is 3. The highest BCUT2D eigenvalue weighted by molar-refractivity contribution is 6.14. The van der Waals surface area contributed by atoms with E-state index in [-0.39, 0.29) is 36.2 Å². The molecule has 0 spiro atoms. The third kappa shape index (κ3) is 2.40. The Bertz CT molecular complexity index is 737. The Kier molecular flexibility index (Phi) is 3.49. The molecule has 4 bridgehead atoms. The van der Waals surface area contributed by atoms with Crippen molar-refractivity contribution < 1.29 is 14.4 Å². The van der Waals surface area contributed by atoms with Gasteiger partial charge in [-0.1, -0.05) is 18.2 Å². The van der Waals surface area contributed by atoms with Crippen LogP contribution >= 0.6 is 0 Å². The van der Waals surface area contributed by atoms with E-state index in [2.05, 4.69) is 0 Å². The Hall–Kier alpha value is -2.17. The van der Waals surface area contributed by atoms with Crippen molar-refractivity contribution in [3.05, 3.63) is 30.3 Å². The van der Waals surface area contributed by atoms with Crippen molar-refractivity contribution in [2.45, 2.75) is 38.5 Å². The van der Waals surface area contributed by atoms with E-state index in [1.807, 2.05) is 30.3 Å². The topological polar surface area (TPSA) is 57.7 Å². The quantitative estimate of drug-likeness (QED) is 0.782. The van der Waals surface area contributed by atoms with Gasteiger partial charge in [0.05, 0.1) is 6.54 Å². The third-order valence-corrected chi connectivity index (χ3v) is 7.06. The number of ketones is 1. The van der Waals surface area contributed by atoms with Crippen molar-refractivity contribution in [3.8, 4) is 0 Å². The summed E-state index contributed by atoms with van der Waals surface area (Å²) in [5, 5.41) is 0. The molecule has 5 aliphatic rings. The van der Waals surface area contributed by atoms with Crippen molar-refractivity contribution in [1.29, 1.82) is 0 Å². The van der Waals surface area contributed by atoms with Gasteiger partial charge >= 0.3 is 6.03 Å². The summed E-state index contributed by atoms with van der Waals surface area (Å²) in [7, 11) is 0. The molecule has 136 valence electrons. The Morgan fingerprint density at radius 3 is 2.12 bits per heavy atom. The highest BCUT2D eigenvalue weighted by atomic mass is 16.2. The minimum Gasteiger partial charge on any atom is -0.297 e. The van der Waals surface area contributed by atoms with E-state index in [4.69, 9.17) is 0 Å². The van der Waals surface area contributed by atoms with Crippen LogP contribution in [0.5, 0.6) is 0 Å². The first kappa shape index (κ1) is 16.0. The summed E-state index contributed by atoms with van der Waals surface area (Å²) in [5.74, 6) is 1.88. The van der Waals surface area contributed by atoms with Crippen LogP contribution in [0.1, 0.15) is 38.5 Å². The van der Waals surface area contributed by atoms with Crippen LogP contribution in [0, 0.1) is 23.2 Å². The van der Waals surface area contributed by atoms with Crippen molar-refractivity contribution in [3.63, 3.8) is 0 Å². The summed E-state index contributed by atoms with van der Waals surface area (Å²) in [6.07, 6.45) is 6.73. The second-order valence-electron chi connectivity index (χ2n) is 8.81. The molecule has 5 nitrogen and oxygen atoms in total. The van der Waals surface area contributed by atoms with Gasteiger partial charge in [-0.2, -0.15) is 0 Å². The number of Topliss-reactive ketones (excluding diaryl/α,β-unsaturated/α-hetero) is 1. The number of urea groups is 1. The van der Waals surface area contributed by atoms with Gasteiger partial charge < -0.3 is 0 Å². The van der Waals surface area contributed by atoms with E-state index in [0.717, 1.165) is 19.3 Å². The molecule has 0 unspecified atom stereocenters. The number of nitrogens with zero attached hydrogens (tertiary/aromatic N) is 2. The van der Waals surface area contributed by atoms with E-state index in [1.165, 1.54) is 29.1 Å². The first-order valence-corrected chi connectivity index (χ1v) is 9.74. The summed E-state index contributed by atoms with van der Waals surface area (Å²) >= 11 is 0. The Labute approximate surface area is 153 Å². The van der Waals surface area contributed by atoms with Gasteiger partial charge in [0.2, 0.25) is 0 Å². The molecule has 5 fully saturated rings. The summed E-state index contributed by atoms with van der Waals surface area (Å²) in [5.41, 5.74) is 0.436. The maximum atomic E-state index is 13.2. The molecule has 0 N–H and O–H groups in total. The van der Waals surface area contributed by atoms with Crippen molar-refractivity contribution in [1.82, 2.24) is 4.90 Å². The molecule has 3 amide bonds. The predicted molar refractivity (Wildman–Crippen MR) is 96.5 cm³/mol. The SMILES string of the molecule is O=C1CN(c2ccccc2)C(=O)N1CC(=O)C12CC3CC(CC(C3)C1)C2. The van der Waals surface area contributed by atoms with Crippen LogP contribution in [0.15, 0.2) is 30.3 Å². The van der Waals surface area contributed by atoms with E-state index in [0.29, 0.717) is 23.4 Å². The van der Waals surface area contributed by atoms with Gasteiger partial charge in [0.15, 0.2) is 5.78 Å². The normalized spacial score (nSPS) is 35.5. The monoisotopic (exact) mass is 352 g/mol. The Balaban J connectivity index is 1.34. The highest BCUT2D eigenvalue weighted by Crippen LogP contribution is 2.60. The second kappa shape index (κ2) is 5.66. The van der Waals surface area contributed by atoms with Gasteiger partial charge in [0.1, 0.15) is 6.54 Å². The maximum absolute atomic E-state index is 13.2. The number of amides is 3. The number of imide groups is 1. The molecule has 26 heavy (non-hydrogen) atoms. The lowest BCUT2D eigenvalue weighted by Gasteiger charge is -2.56. The lowest BCUT2D eigenvalue weighted by molar-refractivity contribution is -0.146. The average molecular weight is 352 g/mol. The van der Waals surface area contributed by atoms with Crippen LogP contribution in [0.2, 0.25) is 0 Å². The number of hydrogen-bond donors (Lipinski definition) is 0. The largest absolute Gasteiger partial charge is 0.332 e. The number of para-hydroxylation sites is 1. The van der Waals surface area contributed by atoms with Gasteiger partial charge in [-0.25, -0.2) is 4.79 Å². The zero-order chi connectivity index (χ0) is 17.9. The van der Waals surface area contributed by atoms with E-state index in [9.17, 15) is 14.4 Å². The number of carbonyl (C=O) groups is 3. The molecule has 1 aromatic rings. The van der Waals surface area contributed by atoms with Gasteiger partial charge in [0.25, 0.3) is 5.91 Å². The van der Waals surface area contributed by atoms with Gasteiger partial charge in [-0.15, -0.1) is 0 Å².